The highest BCUT2D eigenvalue weighted by molar-refractivity contribution is 7.80. The summed E-state index contributed by atoms with van der Waals surface area (Å²) >= 11 is 18.6. The number of rotatable bonds is 5. The van der Waals surface area contributed by atoms with Crippen molar-refractivity contribution in [2.45, 2.75) is 20.0 Å². The minimum absolute atomic E-state index is 0.148. The minimum atomic E-state index is -0.822. The van der Waals surface area contributed by atoms with Gasteiger partial charge in [-0.25, -0.2) is 0 Å². The Morgan fingerprint density at radius 1 is 1.19 bits per heavy atom. The van der Waals surface area contributed by atoms with Crippen molar-refractivity contribution in [3.63, 3.8) is 0 Å². The van der Waals surface area contributed by atoms with Crippen LogP contribution in [0.5, 0.6) is 5.75 Å². The smallest absolute Gasteiger partial charge is 0.266 e. The molecule has 0 saturated carbocycles. The number of hydrogen-bond donors (Lipinski definition) is 2. The number of amides is 1. The van der Waals surface area contributed by atoms with Crippen LogP contribution >= 0.6 is 46.8 Å². The number of nitrogens with one attached hydrogen (secondary N) is 2. The van der Waals surface area contributed by atoms with Gasteiger partial charge in [-0.1, -0.05) is 34.5 Å². The van der Waals surface area contributed by atoms with Gasteiger partial charge in [-0.05, 0) is 68.5 Å². The van der Waals surface area contributed by atoms with Gasteiger partial charge in [0.25, 0.3) is 5.91 Å². The quantitative estimate of drug-likeness (QED) is 0.377. The Kier molecular flexibility index (Phi) is 6.56. The molecule has 1 atom stereocenters. The van der Waals surface area contributed by atoms with Crippen LogP contribution in [0.25, 0.3) is 15.5 Å². The van der Waals surface area contributed by atoms with Crippen molar-refractivity contribution in [3.05, 3.63) is 58.3 Å². The molecule has 164 valence electrons. The van der Waals surface area contributed by atoms with Crippen LogP contribution in [-0.4, -0.2) is 36.9 Å². The molecule has 0 radical (unpaired) electrons. The number of halogens is 2. The summed E-state index contributed by atoms with van der Waals surface area (Å²) in [5.41, 5.74) is 1.65. The molecule has 1 amide bonds. The van der Waals surface area contributed by atoms with Crippen LogP contribution in [0.3, 0.4) is 0 Å². The summed E-state index contributed by atoms with van der Waals surface area (Å²) in [6, 6.07) is 12.3. The molecule has 0 aliphatic rings. The monoisotopic (exact) mass is 506 g/mol. The summed E-state index contributed by atoms with van der Waals surface area (Å²) in [7, 11) is 0. The number of aryl methyl sites for hydroxylation is 1. The van der Waals surface area contributed by atoms with Gasteiger partial charge in [0.2, 0.25) is 4.96 Å². The first-order chi connectivity index (χ1) is 15.3. The average molecular weight is 507 g/mol. The van der Waals surface area contributed by atoms with Crippen LogP contribution in [0.15, 0.2) is 42.5 Å². The molecule has 2 aromatic carbocycles. The van der Waals surface area contributed by atoms with E-state index in [-0.39, 0.29) is 5.11 Å². The second-order valence-electron chi connectivity index (χ2n) is 6.70. The number of hydrogen-bond acceptors (Lipinski definition) is 7. The van der Waals surface area contributed by atoms with E-state index in [4.69, 9.17) is 40.2 Å². The molecule has 8 nitrogen and oxygen atoms in total. The van der Waals surface area contributed by atoms with E-state index in [0.29, 0.717) is 21.5 Å². The summed E-state index contributed by atoms with van der Waals surface area (Å²) < 4.78 is 7.30. The first-order valence-corrected chi connectivity index (χ1v) is 11.3. The molecule has 0 saturated heterocycles. The van der Waals surface area contributed by atoms with Crippen molar-refractivity contribution in [3.8, 4) is 16.3 Å². The highest BCUT2D eigenvalue weighted by Gasteiger charge is 2.18. The van der Waals surface area contributed by atoms with Gasteiger partial charge in [0.1, 0.15) is 10.8 Å². The first-order valence-electron chi connectivity index (χ1n) is 9.33. The molecular formula is C20H16Cl2N6O2S2. The normalized spacial score (nSPS) is 11.9. The SMILES string of the molecule is Cc1nnc2sc(-c3ccc(NC(=S)NC(=O)[C@@H](C)Oc4ccc(Cl)cc4Cl)cc3)nn12. The fourth-order valence-electron chi connectivity index (χ4n) is 2.72. The molecule has 32 heavy (non-hydrogen) atoms. The van der Waals surface area contributed by atoms with Gasteiger partial charge in [0.15, 0.2) is 17.0 Å². The fourth-order valence-corrected chi connectivity index (χ4v) is 4.28. The number of carbonyl (C=O) groups is 1. The molecule has 2 N–H and O–H groups in total. The maximum atomic E-state index is 12.4. The van der Waals surface area contributed by atoms with E-state index in [1.807, 2.05) is 31.2 Å². The molecule has 0 aliphatic carbocycles. The Labute approximate surface area is 202 Å². The van der Waals surface area contributed by atoms with Crippen molar-refractivity contribution < 1.29 is 9.53 Å². The van der Waals surface area contributed by atoms with E-state index >= 15 is 0 Å². The zero-order valence-electron chi connectivity index (χ0n) is 16.8. The second-order valence-corrected chi connectivity index (χ2v) is 8.91. The summed E-state index contributed by atoms with van der Waals surface area (Å²) in [6.45, 7) is 3.45. The highest BCUT2D eigenvalue weighted by Crippen LogP contribution is 2.28. The Hall–Kier alpha value is -2.79. The topological polar surface area (TPSA) is 93.4 Å². The van der Waals surface area contributed by atoms with E-state index in [1.54, 1.807) is 29.6 Å². The van der Waals surface area contributed by atoms with Gasteiger partial charge in [-0.3, -0.25) is 10.1 Å². The predicted octanol–water partition coefficient (Wildman–Crippen LogP) is 4.75. The number of fused-ring (bicyclic) bond motifs is 1. The molecule has 4 aromatic rings. The van der Waals surface area contributed by atoms with E-state index in [2.05, 4.69) is 25.9 Å². The maximum absolute atomic E-state index is 12.4. The number of thiocarbonyl (C=S) groups is 1. The van der Waals surface area contributed by atoms with Gasteiger partial charge in [0, 0.05) is 16.3 Å². The van der Waals surface area contributed by atoms with Gasteiger partial charge >= 0.3 is 0 Å². The molecule has 0 unspecified atom stereocenters. The standard InChI is InChI=1S/C20H16Cl2N6O2S2/c1-10(30-16-8-5-13(21)9-15(16)22)17(29)24-19(31)23-14-6-3-12(4-7-14)18-27-28-11(2)25-26-20(28)32-18/h3-10H,1-2H3,(H2,23,24,29,31)/t10-/m1/s1. The summed E-state index contributed by atoms with van der Waals surface area (Å²) in [5.74, 6) is 0.674. The zero-order valence-corrected chi connectivity index (χ0v) is 19.9. The Morgan fingerprint density at radius 2 is 1.94 bits per heavy atom. The van der Waals surface area contributed by atoms with Crippen LogP contribution in [-0.2, 0) is 4.79 Å². The molecule has 0 fully saturated rings. The molecule has 2 aromatic heterocycles. The van der Waals surface area contributed by atoms with Gasteiger partial charge in [-0.15, -0.1) is 10.2 Å². The average Bonchev–Trinajstić information content (AvgIpc) is 3.32. The Bertz CT molecular complexity index is 1310. The van der Waals surface area contributed by atoms with Crippen molar-refractivity contribution in [2.24, 2.45) is 0 Å². The number of ether oxygens (including phenoxy) is 1. The minimum Gasteiger partial charge on any atom is -0.479 e. The largest absolute Gasteiger partial charge is 0.479 e. The molecule has 4 rings (SSSR count). The van der Waals surface area contributed by atoms with Crippen molar-refractivity contribution >= 4 is 68.4 Å². The molecule has 0 aliphatic heterocycles. The van der Waals surface area contributed by atoms with Crippen molar-refractivity contribution in [1.82, 2.24) is 25.1 Å². The van der Waals surface area contributed by atoms with Crippen LogP contribution in [0.4, 0.5) is 5.69 Å². The molecule has 2 heterocycles. The Morgan fingerprint density at radius 3 is 2.62 bits per heavy atom. The van der Waals surface area contributed by atoms with Crippen LogP contribution < -0.4 is 15.4 Å². The number of carbonyl (C=O) groups excluding carboxylic acids is 1. The third-order valence-electron chi connectivity index (χ3n) is 4.34. The van der Waals surface area contributed by atoms with Crippen LogP contribution in [0.2, 0.25) is 10.0 Å². The fraction of sp³-hybridized carbons (Fsp3) is 0.150. The molecule has 0 spiro atoms. The van der Waals surface area contributed by atoms with Gasteiger partial charge in [-0.2, -0.15) is 9.61 Å². The van der Waals surface area contributed by atoms with Crippen molar-refractivity contribution in [2.75, 3.05) is 5.32 Å². The molecule has 0 bridgehead atoms. The lowest BCUT2D eigenvalue weighted by atomic mass is 10.2. The lowest BCUT2D eigenvalue weighted by Gasteiger charge is -2.16. The first kappa shape index (κ1) is 22.4. The second kappa shape index (κ2) is 9.37. The van der Waals surface area contributed by atoms with Gasteiger partial charge in [0.05, 0.1) is 5.02 Å². The van der Waals surface area contributed by atoms with E-state index < -0.39 is 12.0 Å². The lowest BCUT2D eigenvalue weighted by molar-refractivity contribution is -0.125. The summed E-state index contributed by atoms with van der Waals surface area (Å²) in [4.78, 5) is 13.1. The number of anilines is 1. The van der Waals surface area contributed by atoms with Gasteiger partial charge < -0.3 is 10.1 Å². The lowest BCUT2D eigenvalue weighted by Crippen LogP contribution is -2.42. The number of benzene rings is 2. The molecular weight excluding hydrogens is 491 g/mol. The number of nitrogens with zero attached hydrogens (tertiary/aromatic N) is 4. The van der Waals surface area contributed by atoms with E-state index in [0.717, 1.165) is 21.4 Å². The third kappa shape index (κ3) is 4.99. The third-order valence-corrected chi connectivity index (χ3v) is 6.02. The van der Waals surface area contributed by atoms with Crippen LogP contribution in [0.1, 0.15) is 12.7 Å². The number of aromatic nitrogens is 4. The Balaban J connectivity index is 1.34. The summed E-state index contributed by atoms with van der Waals surface area (Å²) in [5, 5.41) is 19.9. The summed E-state index contributed by atoms with van der Waals surface area (Å²) in [6.07, 6.45) is -0.822. The zero-order chi connectivity index (χ0) is 22.8. The molecule has 12 heteroatoms. The van der Waals surface area contributed by atoms with E-state index in [1.165, 1.54) is 11.3 Å². The maximum Gasteiger partial charge on any atom is 0.266 e. The van der Waals surface area contributed by atoms with Crippen molar-refractivity contribution in [1.29, 1.82) is 0 Å². The highest BCUT2D eigenvalue weighted by atomic mass is 35.5. The van der Waals surface area contributed by atoms with E-state index in [9.17, 15) is 4.79 Å². The predicted molar refractivity (Wildman–Crippen MR) is 130 cm³/mol. The van der Waals surface area contributed by atoms with Crippen LogP contribution in [0, 0.1) is 6.92 Å².